The quantitative estimate of drug-likeness (QED) is 0.600. The fraction of sp³-hybridized carbons (Fsp3) is 0.833. The number of carbonyl (C=O) groups is 1. The molecule has 0 atom stereocenters. The third-order valence-corrected chi connectivity index (χ3v) is 1.58. The molecule has 0 fully saturated rings. The van der Waals surface area contributed by atoms with Gasteiger partial charge in [0, 0.05) is 6.61 Å². The lowest BCUT2D eigenvalue weighted by Gasteiger charge is -2.01. The van der Waals surface area contributed by atoms with E-state index in [0.29, 0.717) is 6.61 Å². The molecular weight excluding hydrogens is 182 g/mol. The van der Waals surface area contributed by atoms with Gasteiger partial charge >= 0.3 is 0 Å². The van der Waals surface area contributed by atoms with Crippen molar-refractivity contribution in [3.05, 3.63) is 0 Å². The number of hydrogen-bond donors (Lipinski definition) is 1. The highest BCUT2D eigenvalue weighted by Gasteiger charge is 2.06. The maximum atomic E-state index is 10.8. The van der Waals surface area contributed by atoms with Gasteiger partial charge in [-0.2, -0.15) is 0 Å². The van der Waals surface area contributed by atoms with Crippen molar-refractivity contribution < 1.29 is 17.9 Å². The Kier molecular flexibility index (Phi) is 4.84. The predicted octanol–water partition coefficient (Wildman–Crippen LogP) is -0.511. The first-order chi connectivity index (χ1) is 5.45. The Morgan fingerprint density at radius 2 is 2.08 bits per heavy atom. The highest BCUT2D eigenvalue weighted by Crippen LogP contribution is 1.84. The number of amides is 1. The maximum absolute atomic E-state index is 10.8. The summed E-state index contributed by atoms with van der Waals surface area (Å²) in [6, 6.07) is 0. The van der Waals surface area contributed by atoms with Crippen molar-refractivity contribution >= 4 is 15.9 Å². The molecule has 0 bridgehead atoms. The van der Waals surface area contributed by atoms with E-state index >= 15 is 0 Å². The molecule has 0 aromatic heterocycles. The number of rotatable bonds is 5. The van der Waals surface area contributed by atoms with Crippen molar-refractivity contribution in [3.8, 4) is 0 Å². The molecule has 0 aliphatic heterocycles. The van der Waals surface area contributed by atoms with Gasteiger partial charge in [-0.05, 0) is 6.92 Å². The lowest BCUT2D eigenvalue weighted by Crippen LogP contribution is -2.29. The van der Waals surface area contributed by atoms with Crippen LogP contribution in [0.3, 0.4) is 0 Å². The van der Waals surface area contributed by atoms with Crippen LogP contribution < -0.4 is 4.72 Å². The van der Waals surface area contributed by atoms with Gasteiger partial charge < -0.3 is 4.74 Å². The Bertz CT molecular complexity index is 234. The Morgan fingerprint density at radius 3 is 2.50 bits per heavy atom. The van der Waals surface area contributed by atoms with E-state index in [1.54, 1.807) is 6.92 Å². The minimum atomic E-state index is -3.42. The summed E-state index contributed by atoms with van der Waals surface area (Å²) in [6.07, 6.45) is 1.01. The Balaban J connectivity index is 3.62. The third-order valence-electron chi connectivity index (χ3n) is 0.977. The van der Waals surface area contributed by atoms with Crippen LogP contribution in [0.1, 0.15) is 13.3 Å². The second kappa shape index (κ2) is 5.10. The zero-order valence-corrected chi connectivity index (χ0v) is 7.98. The van der Waals surface area contributed by atoms with Crippen LogP contribution in [-0.4, -0.2) is 33.8 Å². The molecule has 6 heteroatoms. The van der Waals surface area contributed by atoms with E-state index in [4.69, 9.17) is 4.74 Å². The Labute approximate surface area is 72.1 Å². The van der Waals surface area contributed by atoms with Crippen molar-refractivity contribution in [1.82, 2.24) is 4.72 Å². The van der Waals surface area contributed by atoms with Gasteiger partial charge in [0.05, 0.1) is 19.3 Å². The van der Waals surface area contributed by atoms with Gasteiger partial charge in [-0.15, -0.1) is 0 Å². The van der Waals surface area contributed by atoms with E-state index in [-0.39, 0.29) is 13.0 Å². The largest absolute Gasteiger partial charge is 0.381 e. The van der Waals surface area contributed by atoms with Gasteiger partial charge in [0.2, 0.25) is 15.9 Å². The minimum absolute atomic E-state index is 0.0703. The van der Waals surface area contributed by atoms with Crippen LogP contribution in [0.4, 0.5) is 0 Å². The van der Waals surface area contributed by atoms with Gasteiger partial charge in [0.25, 0.3) is 0 Å². The smallest absolute Gasteiger partial charge is 0.235 e. The lowest BCUT2D eigenvalue weighted by molar-refractivity contribution is -0.120. The van der Waals surface area contributed by atoms with Crippen molar-refractivity contribution in [1.29, 1.82) is 0 Å². The summed E-state index contributed by atoms with van der Waals surface area (Å²) in [7, 11) is -3.42. The van der Waals surface area contributed by atoms with E-state index < -0.39 is 15.9 Å². The Morgan fingerprint density at radius 1 is 1.50 bits per heavy atom. The second-order valence-electron chi connectivity index (χ2n) is 2.24. The predicted molar refractivity (Wildman–Crippen MR) is 44.1 cm³/mol. The topological polar surface area (TPSA) is 72.5 Å². The molecule has 0 aliphatic rings. The summed E-state index contributed by atoms with van der Waals surface area (Å²) in [5, 5.41) is 0. The zero-order chi connectivity index (χ0) is 9.61. The highest BCUT2D eigenvalue weighted by atomic mass is 32.2. The molecule has 0 heterocycles. The van der Waals surface area contributed by atoms with E-state index in [0.717, 1.165) is 6.26 Å². The van der Waals surface area contributed by atoms with Crippen LogP contribution in [0.15, 0.2) is 0 Å². The molecular formula is C6H13NO4S. The van der Waals surface area contributed by atoms with Gasteiger partial charge in [0.1, 0.15) is 0 Å². The fourth-order valence-electron chi connectivity index (χ4n) is 0.567. The van der Waals surface area contributed by atoms with E-state index in [9.17, 15) is 13.2 Å². The van der Waals surface area contributed by atoms with Crippen molar-refractivity contribution in [3.63, 3.8) is 0 Å². The van der Waals surface area contributed by atoms with Crippen molar-refractivity contribution in [2.75, 3.05) is 19.5 Å². The van der Waals surface area contributed by atoms with E-state index in [2.05, 4.69) is 0 Å². The van der Waals surface area contributed by atoms with Crippen molar-refractivity contribution in [2.45, 2.75) is 13.3 Å². The SMILES string of the molecule is CCOCCC(=O)NS(C)(=O)=O. The standard InChI is InChI=1S/C6H13NO4S/c1-3-11-5-4-6(8)7-12(2,9)10/h3-5H2,1-2H3,(H,7,8). The van der Waals surface area contributed by atoms with Crippen LogP contribution in [-0.2, 0) is 19.6 Å². The summed E-state index contributed by atoms with van der Waals surface area (Å²) in [6.45, 7) is 2.57. The molecule has 72 valence electrons. The average molecular weight is 195 g/mol. The lowest BCUT2D eigenvalue weighted by atomic mass is 10.4. The number of nitrogens with one attached hydrogen (secondary N) is 1. The molecule has 0 spiro atoms. The van der Waals surface area contributed by atoms with Gasteiger partial charge in [0.15, 0.2) is 0 Å². The number of sulfonamides is 1. The van der Waals surface area contributed by atoms with E-state index in [1.807, 2.05) is 4.72 Å². The summed E-state index contributed by atoms with van der Waals surface area (Å²) in [4.78, 5) is 10.8. The molecule has 12 heavy (non-hydrogen) atoms. The zero-order valence-electron chi connectivity index (χ0n) is 7.16. The molecule has 0 unspecified atom stereocenters. The molecule has 1 amide bonds. The summed E-state index contributed by atoms with van der Waals surface area (Å²) in [5.74, 6) is -0.536. The van der Waals surface area contributed by atoms with E-state index in [1.165, 1.54) is 0 Å². The first kappa shape index (κ1) is 11.4. The van der Waals surface area contributed by atoms with Crippen LogP contribution in [0.5, 0.6) is 0 Å². The van der Waals surface area contributed by atoms with Gasteiger partial charge in [-0.3, -0.25) is 9.52 Å². The van der Waals surface area contributed by atoms with Crippen LogP contribution in [0, 0.1) is 0 Å². The molecule has 0 radical (unpaired) electrons. The normalized spacial score (nSPS) is 11.2. The summed E-state index contributed by atoms with van der Waals surface area (Å²) >= 11 is 0. The second-order valence-corrected chi connectivity index (χ2v) is 3.99. The summed E-state index contributed by atoms with van der Waals surface area (Å²) < 4.78 is 27.7. The number of hydrogen-bond acceptors (Lipinski definition) is 4. The average Bonchev–Trinajstić information content (AvgIpc) is 1.84. The van der Waals surface area contributed by atoms with Gasteiger partial charge in [-0.25, -0.2) is 8.42 Å². The monoisotopic (exact) mass is 195 g/mol. The third kappa shape index (κ3) is 7.49. The van der Waals surface area contributed by atoms with Crippen LogP contribution in [0.2, 0.25) is 0 Å². The molecule has 1 N–H and O–H groups in total. The Hall–Kier alpha value is -0.620. The fourth-order valence-corrected chi connectivity index (χ4v) is 1.08. The van der Waals surface area contributed by atoms with Crippen LogP contribution in [0.25, 0.3) is 0 Å². The first-order valence-corrected chi connectivity index (χ1v) is 5.43. The first-order valence-electron chi connectivity index (χ1n) is 3.54. The molecule has 0 saturated heterocycles. The number of ether oxygens (including phenoxy) is 1. The maximum Gasteiger partial charge on any atom is 0.235 e. The molecule has 5 nitrogen and oxygen atoms in total. The molecule has 0 rings (SSSR count). The molecule has 0 aliphatic carbocycles. The van der Waals surface area contributed by atoms with Gasteiger partial charge in [-0.1, -0.05) is 0 Å². The highest BCUT2D eigenvalue weighted by molar-refractivity contribution is 7.89. The van der Waals surface area contributed by atoms with Crippen molar-refractivity contribution in [2.24, 2.45) is 0 Å². The molecule has 0 aromatic carbocycles. The molecule has 0 saturated carbocycles. The number of carbonyl (C=O) groups excluding carboxylic acids is 1. The molecule has 0 aromatic rings. The minimum Gasteiger partial charge on any atom is -0.381 e. The van der Waals surface area contributed by atoms with Crippen LogP contribution >= 0.6 is 0 Å². The summed E-state index contributed by atoms with van der Waals surface area (Å²) in [5.41, 5.74) is 0.